The van der Waals surface area contributed by atoms with Crippen molar-refractivity contribution in [3.05, 3.63) is 29.8 Å². The number of aromatic hydroxyl groups is 1. The van der Waals surface area contributed by atoms with Gasteiger partial charge in [0.15, 0.2) is 0 Å². The summed E-state index contributed by atoms with van der Waals surface area (Å²) in [6, 6.07) is 6.01. The van der Waals surface area contributed by atoms with Gasteiger partial charge in [-0.1, -0.05) is 6.92 Å². The Morgan fingerprint density at radius 2 is 2.00 bits per heavy atom. The summed E-state index contributed by atoms with van der Waals surface area (Å²) in [6.07, 6.45) is 0.801. The van der Waals surface area contributed by atoms with Crippen LogP contribution in [0.5, 0.6) is 5.75 Å². The molecule has 0 unspecified atom stereocenters. The number of benzene rings is 1. The standard InChI is InChI=1S/C11H14N2O2/c1-3-8(2)12-13-11(15)9-4-6-10(14)7-5-9/h4-7,14H,3H2,1-2H3,(H,13,15)/b12-8-. The summed E-state index contributed by atoms with van der Waals surface area (Å²) >= 11 is 0. The summed E-state index contributed by atoms with van der Waals surface area (Å²) < 4.78 is 0. The Morgan fingerprint density at radius 3 is 2.53 bits per heavy atom. The first kappa shape index (κ1) is 11.2. The molecule has 80 valence electrons. The van der Waals surface area contributed by atoms with Crippen LogP contribution in [-0.4, -0.2) is 16.7 Å². The molecular weight excluding hydrogens is 192 g/mol. The zero-order valence-corrected chi connectivity index (χ0v) is 8.82. The van der Waals surface area contributed by atoms with Gasteiger partial charge in [0.1, 0.15) is 5.75 Å². The topological polar surface area (TPSA) is 61.7 Å². The van der Waals surface area contributed by atoms with E-state index >= 15 is 0 Å². The minimum atomic E-state index is -0.275. The number of nitrogens with zero attached hydrogens (tertiary/aromatic N) is 1. The Balaban J connectivity index is 2.66. The van der Waals surface area contributed by atoms with Gasteiger partial charge in [0.2, 0.25) is 0 Å². The van der Waals surface area contributed by atoms with Crippen molar-refractivity contribution in [3.63, 3.8) is 0 Å². The van der Waals surface area contributed by atoms with E-state index in [1.165, 1.54) is 12.1 Å². The lowest BCUT2D eigenvalue weighted by atomic mass is 10.2. The third kappa shape index (κ3) is 3.42. The second-order valence-electron chi connectivity index (χ2n) is 3.19. The molecule has 0 aliphatic rings. The minimum Gasteiger partial charge on any atom is -0.508 e. The second kappa shape index (κ2) is 5.14. The summed E-state index contributed by atoms with van der Waals surface area (Å²) in [5.41, 5.74) is 3.77. The molecule has 4 heteroatoms. The lowest BCUT2D eigenvalue weighted by molar-refractivity contribution is 0.0954. The fourth-order valence-corrected chi connectivity index (χ4v) is 0.903. The molecule has 0 spiro atoms. The van der Waals surface area contributed by atoms with E-state index in [0.29, 0.717) is 5.56 Å². The SMILES string of the molecule is CC/C(C)=N\NC(=O)c1ccc(O)cc1. The Bertz CT molecular complexity index is 369. The molecule has 1 aromatic rings. The highest BCUT2D eigenvalue weighted by molar-refractivity contribution is 5.95. The maximum absolute atomic E-state index is 11.5. The van der Waals surface area contributed by atoms with Crippen molar-refractivity contribution in [2.24, 2.45) is 5.10 Å². The van der Waals surface area contributed by atoms with E-state index in [9.17, 15) is 4.79 Å². The first-order chi connectivity index (χ1) is 7.13. The monoisotopic (exact) mass is 206 g/mol. The summed E-state index contributed by atoms with van der Waals surface area (Å²) in [5.74, 6) is -0.136. The normalized spacial score (nSPS) is 11.2. The zero-order valence-electron chi connectivity index (χ0n) is 8.82. The van der Waals surface area contributed by atoms with Gasteiger partial charge < -0.3 is 5.11 Å². The highest BCUT2D eigenvalue weighted by atomic mass is 16.3. The Hall–Kier alpha value is -1.84. The number of nitrogens with one attached hydrogen (secondary N) is 1. The van der Waals surface area contributed by atoms with Gasteiger partial charge in [-0.15, -0.1) is 0 Å². The van der Waals surface area contributed by atoms with Crippen molar-refractivity contribution in [1.29, 1.82) is 0 Å². The van der Waals surface area contributed by atoms with Crippen LogP contribution >= 0.6 is 0 Å². The van der Waals surface area contributed by atoms with E-state index in [1.54, 1.807) is 12.1 Å². The molecule has 0 aromatic heterocycles. The van der Waals surface area contributed by atoms with E-state index in [2.05, 4.69) is 10.5 Å². The second-order valence-corrected chi connectivity index (χ2v) is 3.19. The van der Waals surface area contributed by atoms with Gasteiger partial charge in [0.25, 0.3) is 5.91 Å². The van der Waals surface area contributed by atoms with Crippen LogP contribution in [0.1, 0.15) is 30.6 Å². The number of hydrogen-bond donors (Lipinski definition) is 2. The van der Waals surface area contributed by atoms with Crippen LogP contribution in [-0.2, 0) is 0 Å². The highest BCUT2D eigenvalue weighted by Gasteiger charge is 2.03. The lowest BCUT2D eigenvalue weighted by Gasteiger charge is -2.01. The Labute approximate surface area is 88.6 Å². The molecule has 2 N–H and O–H groups in total. The molecule has 0 aliphatic carbocycles. The van der Waals surface area contributed by atoms with E-state index < -0.39 is 0 Å². The van der Waals surface area contributed by atoms with Crippen molar-refractivity contribution >= 4 is 11.6 Å². The van der Waals surface area contributed by atoms with Crippen LogP contribution in [0.15, 0.2) is 29.4 Å². The molecule has 0 heterocycles. The molecule has 0 atom stereocenters. The molecule has 4 nitrogen and oxygen atoms in total. The minimum absolute atomic E-state index is 0.139. The van der Waals surface area contributed by atoms with Gasteiger partial charge in [-0.25, -0.2) is 5.43 Å². The number of carbonyl (C=O) groups excluding carboxylic acids is 1. The molecule has 1 rings (SSSR count). The summed E-state index contributed by atoms with van der Waals surface area (Å²) in [4.78, 5) is 11.5. The van der Waals surface area contributed by atoms with Gasteiger partial charge >= 0.3 is 0 Å². The molecule has 0 radical (unpaired) electrons. The number of amides is 1. The van der Waals surface area contributed by atoms with Gasteiger partial charge in [-0.3, -0.25) is 4.79 Å². The van der Waals surface area contributed by atoms with Crippen LogP contribution in [0.2, 0.25) is 0 Å². The molecule has 1 aromatic carbocycles. The van der Waals surface area contributed by atoms with Gasteiger partial charge in [-0.05, 0) is 37.6 Å². The smallest absolute Gasteiger partial charge is 0.271 e. The first-order valence-corrected chi connectivity index (χ1v) is 4.76. The highest BCUT2D eigenvalue weighted by Crippen LogP contribution is 2.09. The largest absolute Gasteiger partial charge is 0.508 e. The van der Waals surface area contributed by atoms with Gasteiger partial charge in [0, 0.05) is 11.3 Å². The van der Waals surface area contributed by atoms with E-state index in [1.807, 2.05) is 13.8 Å². The van der Waals surface area contributed by atoms with E-state index in [4.69, 9.17) is 5.11 Å². The molecule has 0 saturated heterocycles. The maximum Gasteiger partial charge on any atom is 0.271 e. The molecule has 15 heavy (non-hydrogen) atoms. The predicted molar refractivity (Wildman–Crippen MR) is 59.0 cm³/mol. The molecule has 0 saturated carbocycles. The van der Waals surface area contributed by atoms with Crippen LogP contribution in [0.25, 0.3) is 0 Å². The zero-order chi connectivity index (χ0) is 11.3. The quantitative estimate of drug-likeness (QED) is 0.586. The Morgan fingerprint density at radius 1 is 1.40 bits per heavy atom. The number of hydrogen-bond acceptors (Lipinski definition) is 3. The number of hydrazone groups is 1. The van der Waals surface area contributed by atoms with Crippen LogP contribution in [0.3, 0.4) is 0 Å². The predicted octanol–water partition coefficient (Wildman–Crippen LogP) is 1.91. The molecule has 0 bridgehead atoms. The molecule has 1 amide bonds. The average molecular weight is 206 g/mol. The van der Waals surface area contributed by atoms with Gasteiger partial charge in [0.05, 0.1) is 0 Å². The van der Waals surface area contributed by atoms with Gasteiger partial charge in [-0.2, -0.15) is 5.10 Å². The number of rotatable bonds is 3. The van der Waals surface area contributed by atoms with Crippen molar-refractivity contribution in [1.82, 2.24) is 5.43 Å². The molecular formula is C11H14N2O2. The van der Waals surface area contributed by atoms with Crippen molar-refractivity contribution in [2.45, 2.75) is 20.3 Å². The third-order valence-corrected chi connectivity index (χ3v) is 1.99. The summed E-state index contributed by atoms with van der Waals surface area (Å²) in [7, 11) is 0. The van der Waals surface area contributed by atoms with E-state index in [0.717, 1.165) is 12.1 Å². The van der Waals surface area contributed by atoms with Crippen LogP contribution in [0, 0.1) is 0 Å². The lowest BCUT2D eigenvalue weighted by Crippen LogP contribution is -2.18. The summed E-state index contributed by atoms with van der Waals surface area (Å²) in [5, 5.41) is 12.9. The Kier molecular flexibility index (Phi) is 3.85. The first-order valence-electron chi connectivity index (χ1n) is 4.76. The maximum atomic E-state index is 11.5. The fourth-order valence-electron chi connectivity index (χ4n) is 0.903. The summed E-state index contributed by atoms with van der Waals surface area (Å²) in [6.45, 7) is 3.81. The average Bonchev–Trinajstić information content (AvgIpc) is 2.26. The third-order valence-electron chi connectivity index (χ3n) is 1.99. The molecule has 0 aliphatic heterocycles. The van der Waals surface area contributed by atoms with E-state index in [-0.39, 0.29) is 11.7 Å². The number of phenolic OH excluding ortho intramolecular Hbond substituents is 1. The number of phenols is 1. The van der Waals surface area contributed by atoms with Crippen molar-refractivity contribution < 1.29 is 9.90 Å². The van der Waals surface area contributed by atoms with Crippen molar-refractivity contribution in [2.75, 3.05) is 0 Å². The fraction of sp³-hybridized carbons (Fsp3) is 0.273. The van der Waals surface area contributed by atoms with Crippen LogP contribution in [0.4, 0.5) is 0 Å². The molecule has 0 fully saturated rings. The number of carbonyl (C=O) groups is 1. The van der Waals surface area contributed by atoms with Crippen molar-refractivity contribution in [3.8, 4) is 5.75 Å². The van der Waals surface area contributed by atoms with Crippen LogP contribution < -0.4 is 5.43 Å².